The largest absolute Gasteiger partial charge is 0.309 e. The molecule has 4 nitrogen and oxygen atoms in total. The van der Waals surface area contributed by atoms with Gasteiger partial charge in [0.2, 0.25) is 0 Å². The molecule has 0 saturated carbocycles. The number of hydrogen-bond donors (Lipinski definition) is 1. The third kappa shape index (κ3) is 5.25. The van der Waals surface area contributed by atoms with E-state index in [2.05, 4.69) is 5.32 Å². The van der Waals surface area contributed by atoms with Crippen molar-refractivity contribution in [3.05, 3.63) is 35.1 Å². The maximum Gasteiger partial charge on any atom is 0.148 e. The molecule has 1 rings (SSSR count). The Kier molecular flexibility index (Phi) is 4.82. The molecule has 0 radical (unpaired) electrons. The molecule has 6 heteroatoms. The molecular weight excluding hydrogens is 255 g/mol. The quantitative estimate of drug-likeness (QED) is 0.873. The first-order chi connectivity index (χ1) is 8.30. The van der Waals surface area contributed by atoms with Crippen LogP contribution < -0.4 is 5.32 Å². The van der Waals surface area contributed by atoms with Gasteiger partial charge in [-0.25, -0.2) is 12.8 Å². The van der Waals surface area contributed by atoms with Gasteiger partial charge in [0.1, 0.15) is 15.7 Å². The molecule has 0 spiro atoms. The van der Waals surface area contributed by atoms with E-state index < -0.39 is 15.7 Å². The summed E-state index contributed by atoms with van der Waals surface area (Å²) < 4.78 is 35.3. The average molecular weight is 270 g/mol. The fourth-order valence-corrected chi connectivity index (χ4v) is 2.65. The Morgan fingerprint density at radius 2 is 2.11 bits per heavy atom. The third-order valence-corrected chi connectivity index (χ3v) is 3.40. The second kappa shape index (κ2) is 5.94. The van der Waals surface area contributed by atoms with Gasteiger partial charge in [-0.15, -0.1) is 0 Å². The van der Waals surface area contributed by atoms with Crippen molar-refractivity contribution >= 4 is 9.84 Å². The van der Waals surface area contributed by atoms with Gasteiger partial charge >= 0.3 is 0 Å². The van der Waals surface area contributed by atoms with E-state index in [1.807, 2.05) is 6.07 Å². The highest BCUT2D eigenvalue weighted by atomic mass is 32.2. The highest BCUT2D eigenvalue weighted by Crippen LogP contribution is 2.08. The molecule has 18 heavy (non-hydrogen) atoms. The summed E-state index contributed by atoms with van der Waals surface area (Å²) in [5.74, 6) is -0.449. The first kappa shape index (κ1) is 14.6. The minimum absolute atomic E-state index is 0.0213. The zero-order valence-corrected chi connectivity index (χ0v) is 11.1. The topological polar surface area (TPSA) is 70.0 Å². The van der Waals surface area contributed by atoms with Gasteiger partial charge in [-0.2, -0.15) is 5.26 Å². The highest BCUT2D eigenvalue weighted by molar-refractivity contribution is 7.90. The summed E-state index contributed by atoms with van der Waals surface area (Å²) in [7, 11) is -3.04. The van der Waals surface area contributed by atoms with Crippen molar-refractivity contribution in [2.24, 2.45) is 0 Å². The molecule has 1 atom stereocenters. The van der Waals surface area contributed by atoms with E-state index >= 15 is 0 Å². The summed E-state index contributed by atoms with van der Waals surface area (Å²) >= 11 is 0. The Hall–Kier alpha value is -1.45. The normalized spacial score (nSPS) is 13.0. The lowest BCUT2D eigenvalue weighted by atomic mass is 10.1. The highest BCUT2D eigenvalue weighted by Gasteiger charge is 2.10. The van der Waals surface area contributed by atoms with Crippen molar-refractivity contribution in [2.75, 3.05) is 12.0 Å². The van der Waals surface area contributed by atoms with Gasteiger partial charge in [-0.05, 0) is 30.7 Å². The van der Waals surface area contributed by atoms with E-state index in [0.717, 1.165) is 6.07 Å². The monoisotopic (exact) mass is 270 g/mol. The Morgan fingerprint density at radius 1 is 1.44 bits per heavy atom. The lowest BCUT2D eigenvalue weighted by Crippen LogP contribution is -2.32. The van der Waals surface area contributed by atoms with Crippen LogP contribution in [0.15, 0.2) is 18.2 Å². The minimum Gasteiger partial charge on any atom is -0.309 e. The van der Waals surface area contributed by atoms with Gasteiger partial charge < -0.3 is 5.32 Å². The standard InChI is InChI=1S/C12H15FN2O2S/c1-9(8-18(2,16)17)15-7-11-3-10(6-14)4-12(13)5-11/h3-5,9,15H,7-8H2,1-2H3. The number of nitriles is 1. The molecule has 1 aromatic carbocycles. The van der Waals surface area contributed by atoms with E-state index in [0.29, 0.717) is 12.1 Å². The summed E-state index contributed by atoms with van der Waals surface area (Å²) in [6.07, 6.45) is 1.17. The Morgan fingerprint density at radius 3 is 2.67 bits per heavy atom. The van der Waals surface area contributed by atoms with Crippen molar-refractivity contribution in [2.45, 2.75) is 19.5 Å². The van der Waals surface area contributed by atoms with Crippen LogP contribution in [0, 0.1) is 17.1 Å². The van der Waals surface area contributed by atoms with Gasteiger partial charge in [0, 0.05) is 18.8 Å². The molecule has 0 aliphatic rings. The van der Waals surface area contributed by atoms with Crippen LogP contribution in [0.1, 0.15) is 18.1 Å². The molecule has 0 amide bonds. The predicted molar refractivity (Wildman–Crippen MR) is 67.1 cm³/mol. The van der Waals surface area contributed by atoms with E-state index in [9.17, 15) is 12.8 Å². The van der Waals surface area contributed by atoms with Gasteiger partial charge in [0.05, 0.1) is 17.4 Å². The number of nitrogens with one attached hydrogen (secondary N) is 1. The molecule has 0 aliphatic carbocycles. The average Bonchev–Trinajstić information content (AvgIpc) is 2.23. The Balaban J connectivity index is 2.64. The van der Waals surface area contributed by atoms with E-state index in [1.54, 1.807) is 13.0 Å². The molecule has 1 unspecified atom stereocenters. The van der Waals surface area contributed by atoms with E-state index in [-0.39, 0.29) is 17.4 Å². The summed E-state index contributed by atoms with van der Waals surface area (Å²) in [5, 5.41) is 11.7. The summed E-state index contributed by atoms with van der Waals surface area (Å²) in [5.41, 5.74) is 0.870. The molecule has 0 saturated heterocycles. The van der Waals surface area contributed by atoms with Crippen LogP contribution >= 0.6 is 0 Å². The van der Waals surface area contributed by atoms with Crippen LogP contribution in [0.25, 0.3) is 0 Å². The first-order valence-corrected chi connectivity index (χ1v) is 7.47. The van der Waals surface area contributed by atoms with Gasteiger partial charge in [0.15, 0.2) is 0 Å². The van der Waals surface area contributed by atoms with Crippen LogP contribution in [-0.4, -0.2) is 26.5 Å². The predicted octanol–water partition coefficient (Wildman–Crippen LogP) is 1.22. The van der Waals surface area contributed by atoms with Gasteiger partial charge in [-0.3, -0.25) is 0 Å². The lowest BCUT2D eigenvalue weighted by molar-refractivity contribution is 0.557. The van der Waals surface area contributed by atoms with Crippen molar-refractivity contribution in [3.8, 4) is 6.07 Å². The first-order valence-electron chi connectivity index (χ1n) is 5.41. The summed E-state index contributed by atoms with van der Waals surface area (Å²) in [4.78, 5) is 0. The summed E-state index contributed by atoms with van der Waals surface area (Å²) in [6.45, 7) is 2.06. The smallest absolute Gasteiger partial charge is 0.148 e. The van der Waals surface area contributed by atoms with Crippen molar-refractivity contribution in [3.63, 3.8) is 0 Å². The van der Waals surface area contributed by atoms with Crippen molar-refractivity contribution in [1.29, 1.82) is 5.26 Å². The maximum absolute atomic E-state index is 13.1. The molecule has 0 heterocycles. The van der Waals surface area contributed by atoms with Crippen LogP contribution in [0.5, 0.6) is 0 Å². The summed E-state index contributed by atoms with van der Waals surface area (Å²) in [6, 6.07) is 5.69. The van der Waals surface area contributed by atoms with Crippen LogP contribution in [0.2, 0.25) is 0 Å². The van der Waals surface area contributed by atoms with Crippen LogP contribution in [0.4, 0.5) is 4.39 Å². The fraction of sp³-hybridized carbons (Fsp3) is 0.417. The SMILES string of the molecule is CC(CS(C)(=O)=O)NCc1cc(F)cc(C#N)c1. The number of nitrogens with zero attached hydrogens (tertiary/aromatic N) is 1. The van der Waals surface area contributed by atoms with E-state index in [1.165, 1.54) is 12.3 Å². The number of halogens is 1. The molecule has 0 aliphatic heterocycles. The second-order valence-corrected chi connectivity index (χ2v) is 6.52. The molecule has 98 valence electrons. The molecule has 1 aromatic rings. The van der Waals surface area contributed by atoms with Crippen LogP contribution in [-0.2, 0) is 16.4 Å². The lowest BCUT2D eigenvalue weighted by Gasteiger charge is -2.12. The third-order valence-electron chi connectivity index (χ3n) is 2.29. The fourth-order valence-electron chi connectivity index (χ4n) is 1.62. The van der Waals surface area contributed by atoms with Crippen LogP contribution in [0.3, 0.4) is 0 Å². The molecule has 0 bridgehead atoms. The van der Waals surface area contributed by atoms with Crippen molar-refractivity contribution < 1.29 is 12.8 Å². The number of hydrogen-bond acceptors (Lipinski definition) is 4. The maximum atomic E-state index is 13.1. The number of benzene rings is 1. The van der Waals surface area contributed by atoms with E-state index in [4.69, 9.17) is 5.26 Å². The van der Waals surface area contributed by atoms with Crippen molar-refractivity contribution in [1.82, 2.24) is 5.32 Å². The molecule has 1 N–H and O–H groups in total. The minimum atomic E-state index is -3.04. The number of rotatable bonds is 5. The van der Waals surface area contributed by atoms with Gasteiger partial charge in [-0.1, -0.05) is 0 Å². The zero-order chi connectivity index (χ0) is 13.8. The Bertz CT molecular complexity index is 564. The molecule has 0 fully saturated rings. The second-order valence-electron chi connectivity index (χ2n) is 4.33. The number of sulfone groups is 1. The van der Waals surface area contributed by atoms with Gasteiger partial charge in [0.25, 0.3) is 0 Å². The Labute approximate surface area is 106 Å². The molecular formula is C12H15FN2O2S. The zero-order valence-electron chi connectivity index (χ0n) is 10.3. The molecule has 0 aromatic heterocycles.